The van der Waals surface area contributed by atoms with Gasteiger partial charge in [0.2, 0.25) is 11.8 Å². The van der Waals surface area contributed by atoms with Crippen molar-refractivity contribution in [2.24, 2.45) is 0 Å². The molecule has 2 amide bonds. The summed E-state index contributed by atoms with van der Waals surface area (Å²) in [4.78, 5) is 25.2. The van der Waals surface area contributed by atoms with Crippen molar-refractivity contribution in [1.82, 2.24) is 5.32 Å². The fourth-order valence-corrected chi connectivity index (χ4v) is 3.41. The third-order valence-corrected chi connectivity index (χ3v) is 4.70. The van der Waals surface area contributed by atoms with Crippen LogP contribution in [0.2, 0.25) is 0 Å². The van der Waals surface area contributed by atoms with E-state index in [1.165, 1.54) is 11.8 Å². The Morgan fingerprint density at radius 1 is 1.36 bits per heavy atom. The molecule has 2 aromatic rings. The molecule has 0 radical (unpaired) electrons. The minimum absolute atomic E-state index is 0.135. The molecule has 0 bridgehead atoms. The molecule has 0 aliphatic carbocycles. The van der Waals surface area contributed by atoms with E-state index >= 15 is 0 Å². The number of nitrogens with one attached hydrogen (secondary N) is 2. The van der Waals surface area contributed by atoms with Crippen molar-refractivity contribution < 1.29 is 14.0 Å². The van der Waals surface area contributed by atoms with Crippen LogP contribution in [-0.4, -0.2) is 17.1 Å². The lowest BCUT2D eigenvalue weighted by Gasteiger charge is -2.24. The Morgan fingerprint density at radius 2 is 2.18 bits per heavy atom. The van der Waals surface area contributed by atoms with Crippen molar-refractivity contribution in [2.75, 3.05) is 5.32 Å². The molecular formula is C16H16N2O3S. The second-order valence-corrected chi connectivity index (χ2v) is 6.35. The van der Waals surface area contributed by atoms with Gasteiger partial charge in [-0.3, -0.25) is 9.59 Å². The second kappa shape index (κ2) is 6.27. The molecule has 22 heavy (non-hydrogen) atoms. The van der Waals surface area contributed by atoms with Gasteiger partial charge in [0.1, 0.15) is 5.76 Å². The number of fused-ring (bicyclic) bond motifs is 1. The van der Waals surface area contributed by atoms with E-state index in [-0.39, 0.29) is 24.3 Å². The zero-order valence-corrected chi connectivity index (χ0v) is 12.9. The molecule has 2 heterocycles. The molecule has 6 heteroatoms. The number of hydrogen-bond donors (Lipinski definition) is 2. The quantitative estimate of drug-likeness (QED) is 0.909. The number of thioether (sulfide) groups is 1. The minimum atomic E-state index is -0.418. The third kappa shape index (κ3) is 3.17. The number of furan rings is 1. The average molecular weight is 316 g/mol. The summed E-state index contributed by atoms with van der Waals surface area (Å²) in [5.41, 5.74) is 0.804. The van der Waals surface area contributed by atoms with Crippen molar-refractivity contribution in [1.29, 1.82) is 0 Å². The number of carbonyl (C=O) groups excluding carboxylic acids is 2. The van der Waals surface area contributed by atoms with E-state index in [9.17, 15) is 9.59 Å². The predicted octanol–water partition coefficient (Wildman–Crippen LogP) is 2.96. The number of hydrogen-bond acceptors (Lipinski definition) is 4. The molecule has 1 aliphatic rings. The van der Waals surface area contributed by atoms with Crippen LogP contribution in [0.4, 0.5) is 5.69 Å². The summed E-state index contributed by atoms with van der Waals surface area (Å²) in [6.45, 7) is 1.85. The van der Waals surface area contributed by atoms with Crippen LogP contribution in [0.15, 0.2) is 52.0 Å². The summed E-state index contributed by atoms with van der Waals surface area (Å²) in [6, 6.07) is 11.0. The average Bonchev–Trinajstić information content (AvgIpc) is 3.02. The zero-order chi connectivity index (χ0) is 15.5. The van der Waals surface area contributed by atoms with Crippen LogP contribution in [0.1, 0.15) is 25.1 Å². The first-order chi connectivity index (χ1) is 10.6. The smallest absolute Gasteiger partial charge is 0.238 e. The van der Waals surface area contributed by atoms with E-state index in [1.807, 2.05) is 37.3 Å². The molecule has 0 spiro atoms. The summed E-state index contributed by atoms with van der Waals surface area (Å²) in [5, 5.41) is 5.27. The van der Waals surface area contributed by atoms with Gasteiger partial charge in [-0.1, -0.05) is 12.1 Å². The van der Waals surface area contributed by atoms with Gasteiger partial charge in [0, 0.05) is 11.3 Å². The van der Waals surface area contributed by atoms with Crippen LogP contribution in [0.3, 0.4) is 0 Å². The standard InChI is InChI=1S/C16H16N2O3S/c1-10(12-6-4-8-21-12)17-15(19)9-14-16(20)18-11-5-2-3-7-13(11)22-14/h2-8,10,14H,9H2,1H3,(H,17,19)(H,18,20). The summed E-state index contributed by atoms with van der Waals surface area (Å²) >= 11 is 1.42. The highest BCUT2D eigenvalue weighted by atomic mass is 32.2. The summed E-state index contributed by atoms with van der Waals surface area (Å²) in [6.07, 6.45) is 1.70. The van der Waals surface area contributed by atoms with E-state index in [4.69, 9.17) is 4.42 Å². The van der Waals surface area contributed by atoms with Crippen LogP contribution >= 0.6 is 11.8 Å². The van der Waals surface area contributed by atoms with Crippen molar-refractivity contribution >= 4 is 29.3 Å². The van der Waals surface area contributed by atoms with Crippen molar-refractivity contribution in [3.05, 3.63) is 48.4 Å². The van der Waals surface area contributed by atoms with Crippen molar-refractivity contribution in [3.63, 3.8) is 0 Å². The molecular weight excluding hydrogens is 300 g/mol. The number of benzene rings is 1. The molecule has 1 aliphatic heterocycles. The van der Waals surface area contributed by atoms with Crippen LogP contribution in [0.25, 0.3) is 0 Å². The maximum atomic E-state index is 12.1. The molecule has 2 atom stereocenters. The second-order valence-electron chi connectivity index (χ2n) is 5.10. The van der Waals surface area contributed by atoms with Crippen molar-refractivity contribution in [3.8, 4) is 0 Å². The van der Waals surface area contributed by atoms with Gasteiger partial charge in [-0.15, -0.1) is 11.8 Å². The lowest BCUT2D eigenvalue weighted by Crippen LogP contribution is -2.35. The van der Waals surface area contributed by atoms with Crippen LogP contribution in [0, 0.1) is 0 Å². The Bertz CT molecular complexity index is 684. The molecule has 0 saturated heterocycles. The topological polar surface area (TPSA) is 71.3 Å². The van der Waals surface area contributed by atoms with Gasteiger partial charge in [-0.25, -0.2) is 0 Å². The van der Waals surface area contributed by atoms with Crippen LogP contribution in [0.5, 0.6) is 0 Å². The molecule has 114 valence electrons. The minimum Gasteiger partial charge on any atom is -0.467 e. The first kappa shape index (κ1) is 14.7. The van der Waals surface area contributed by atoms with Crippen LogP contribution < -0.4 is 10.6 Å². The fraction of sp³-hybridized carbons (Fsp3) is 0.250. The Labute approximate surface area is 132 Å². The Hall–Kier alpha value is -2.21. The van der Waals surface area contributed by atoms with E-state index in [1.54, 1.807) is 12.3 Å². The third-order valence-electron chi connectivity index (χ3n) is 3.42. The predicted molar refractivity (Wildman–Crippen MR) is 84.6 cm³/mol. The van der Waals surface area contributed by atoms with Gasteiger partial charge in [-0.05, 0) is 31.2 Å². The van der Waals surface area contributed by atoms with E-state index < -0.39 is 5.25 Å². The number of carbonyl (C=O) groups is 2. The lowest BCUT2D eigenvalue weighted by molar-refractivity contribution is -0.124. The maximum absolute atomic E-state index is 12.1. The van der Waals surface area contributed by atoms with Crippen molar-refractivity contribution in [2.45, 2.75) is 29.5 Å². The maximum Gasteiger partial charge on any atom is 0.238 e. The molecule has 1 aromatic heterocycles. The highest BCUT2D eigenvalue weighted by Gasteiger charge is 2.29. The lowest BCUT2D eigenvalue weighted by atomic mass is 10.2. The Kier molecular flexibility index (Phi) is 4.20. The SMILES string of the molecule is CC(NC(=O)CC1Sc2ccccc2NC1=O)c1ccco1. The normalized spacial score (nSPS) is 18.2. The first-order valence-electron chi connectivity index (χ1n) is 7.03. The molecule has 1 aromatic carbocycles. The van der Waals surface area contributed by atoms with Gasteiger partial charge >= 0.3 is 0 Å². The van der Waals surface area contributed by atoms with Gasteiger partial charge in [0.25, 0.3) is 0 Å². The monoisotopic (exact) mass is 316 g/mol. The first-order valence-corrected chi connectivity index (χ1v) is 7.91. The Balaban J connectivity index is 1.61. The molecule has 2 N–H and O–H groups in total. The summed E-state index contributed by atoms with van der Waals surface area (Å²) in [7, 11) is 0. The van der Waals surface area contributed by atoms with E-state index in [0.29, 0.717) is 5.76 Å². The molecule has 2 unspecified atom stereocenters. The summed E-state index contributed by atoms with van der Waals surface area (Å²) in [5.74, 6) is 0.389. The van der Waals surface area contributed by atoms with Gasteiger partial charge in [0.15, 0.2) is 0 Å². The van der Waals surface area contributed by atoms with Gasteiger partial charge in [0.05, 0.1) is 23.2 Å². The van der Waals surface area contributed by atoms with E-state index in [2.05, 4.69) is 10.6 Å². The zero-order valence-electron chi connectivity index (χ0n) is 12.0. The largest absolute Gasteiger partial charge is 0.467 e. The number of anilines is 1. The highest BCUT2D eigenvalue weighted by molar-refractivity contribution is 8.01. The Morgan fingerprint density at radius 3 is 2.95 bits per heavy atom. The number of amides is 2. The van der Waals surface area contributed by atoms with Gasteiger partial charge in [-0.2, -0.15) is 0 Å². The molecule has 0 saturated carbocycles. The van der Waals surface area contributed by atoms with Gasteiger partial charge < -0.3 is 15.1 Å². The molecule has 5 nitrogen and oxygen atoms in total. The van der Waals surface area contributed by atoms with Crippen LogP contribution in [-0.2, 0) is 9.59 Å². The molecule has 0 fully saturated rings. The number of para-hydroxylation sites is 1. The van der Waals surface area contributed by atoms with E-state index in [0.717, 1.165) is 10.6 Å². The summed E-state index contributed by atoms with van der Waals surface area (Å²) < 4.78 is 5.25. The highest BCUT2D eigenvalue weighted by Crippen LogP contribution is 2.36. The fourth-order valence-electron chi connectivity index (χ4n) is 2.30. The number of rotatable bonds is 4. The molecule has 3 rings (SSSR count).